The van der Waals surface area contributed by atoms with Crippen LogP contribution < -0.4 is 14.8 Å². The van der Waals surface area contributed by atoms with Gasteiger partial charge in [0.2, 0.25) is 0 Å². The molecule has 0 spiro atoms. The Labute approximate surface area is 158 Å². The summed E-state index contributed by atoms with van der Waals surface area (Å²) in [5.74, 6) is 7.88. The number of anilines is 1. The fraction of sp³-hybridized carbons (Fsp3) is 0.318. The average Bonchev–Trinajstić information content (AvgIpc) is 3.50. The van der Waals surface area contributed by atoms with Gasteiger partial charge in [0.1, 0.15) is 6.61 Å². The van der Waals surface area contributed by atoms with Gasteiger partial charge in [0.15, 0.2) is 17.6 Å². The average molecular weight is 363 g/mol. The maximum Gasteiger partial charge on any atom is 0.255 e. The van der Waals surface area contributed by atoms with Crippen LogP contribution in [0.1, 0.15) is 34.3 Å². The zero-order valence-electron chi connectivity index (χ0n) is 15.1. The molecular formula is C22H21NO4. The Morgan fingerprint density at radius 1 is 1.22 bits per heavy atom. The van der Waals surface area contributed by atoms with Crippen molar-refractivity contribution in [3.8, 4) is 23.3 Å². The number of fused-ring (bicyclic) bond motifs is 1. The van der Waals surface area contributed by atoms with Crippen LogP contribution in [-0.2, 0) is 0 Å². The summed E-state index contributed by atoms with van der Waals surface area (Å²) in [6.07, 6.45) is 2.00. The molecule has 1 aliphatic carbocycles. The number of carbonyl (C=O) groups is 1. The van der Waals surface area contributed by atoms with E-state index in [9.17, 15) is 9.90 Å². The lowest BCUT2D eigenvalue weighted by Gasteiger charge is -2.25. The fourth-order valence-electron chi connectivity index (χ4n) is 2.89. The van der Waals surface area contributed by atoms with E-state index in [1.807, 2.05) is 19.1 Å². The molecule has 1 heterocycles. The van der Waals surface area contributed by atoms with Crippen molar-refractivity contribution in [3.63, 3.8) is 0 Å². The molecule has 2 aromatic carbocycles. The van der Waals surface area contributed by atoms with Crippen molar-refractivity contribution in [1.29, 1.82) is 0 Å². The highest BCUT2D eigenvalue weighted by atomic mass is 16.6. The molecule has 0 saturated heterocycles. The van der Waals surface area contributed by atoms with E-state index in [0.717, 1.165) is 11.1 Å². The normalized spacial score (nSPS) is 17.6. The summed E-state index contributed by atoms with van der Waals surface area (Å²) >= 11 is 0. The minimum atomic E-state index is -0.394. The monoisotopic (exact) mass is 363 g/mol. The quantitative estimate of drug-likeness (QED) is 0.822. The number of hydrogen-bond acceptors (Lipinski definition) is 4. The van der Waals surface area contributed by atoms with Crippen LogP contribution in [0.25, 0.3) is 0 Å². The second-order valence-electron chi connectivity index (χ2n) is 6.92. The maximum absolute atomic E-state index is 12.7. The van der Waals surface area contributed by atoms with Gasteiger partial charge in [-0.3, -0.25) is 4.79 Å². The van der Waals surface area contributed by atoms with Gasteiger partial charge >= 0.3 is 0 Å². The fourth-order valence-corrected chi connectivity index (χ4v) is 2.89. The topological polar surface area (TPSA) is 67.8 Å². The molecule has 5 heteroatoms. The number of benzene rings is 2. The first kappa shape index (κ1) is 17.4. The highest BCUT2D eigenvalue weighted by Gasteiger charge is 2.21. The summed E-state index contributed by atoms with van der Waals surface area (Å²) in [5, 5.41) is 12.1. The van der Waals surface area contributed by atoms with E-state index in [4.69, 9.17) is 9.47 Å². The summed E-state index contributed by atoms with van der Waals surface area (Å²) in [6, 6.07) is 10.9. The summed E-state index contributed by atoms with van der Waals surface area (Å²) in [4.78, 5) is 12.7. The predicted molar refractivity (Wildman–Crippen MR) is 102 cm³/mol. The van der Waals surface area contributed by atoms with Gasteiger partial charge in [-0.25, -0.2) is 0 Å². The Bertz CT molecular complexity index is 937. The molecule has 2 aromatic rings. The van der Waals surface area contributed by atoms with E-state index >= 15 is 0 Å². The Kier molecular flexibility index (Phi) is 4.74. The summed E-state index contributed by atoms with van der Waals surface area (Å²) < 4.78 is 11.2. The summed E-state index contributed by atoms with van der Waals surface area (Å²) in [7, 11) is 0. The molecule has 4 rings (SSSR count). The predicted octanol–water partition coefficient (Wildman–Crippen LogP) is 3.14. The van der Waals surface area contributed by atoms with Crippen molar-refractivity contribution in [2.75, 3.05) is 18.5 Å². The molecular weight excluding hydrogens is 342 g/mol. The van der Waals surface area contributed by atoms with Crippen LogP contribution >= 0.6 is 0 Å². The van der Waals surface area contributed by atoms with Gasteiger partial charge in [-0.15, -0.1) is 0 Å². The Balaban J connectivity index is 1.48. The molecule has 0 aromatic heterocycles. The number of hydrogen-bond donors (Lipinski definition) is 2. The molecule has 0 radical (unpaired) electrons. The van der Waals surface area contributed by atoms with Crippen LogP contribution in [0.5, 0.6) is 11.5 Å². The van der Waals surface area contributed by atoms with Crippen LogP contribution in [0, 0.1) is 24.7 Å². The summed E-state index contributed by atoms with van der Waals surface area (Å²) in [6.45, 7) is 2.10. The Morgan fingerprint density at radius 2 is 2.07 bits per heavy atom. The van der Waals surface area contributed by atoms with E-state index in [-0.39, 0.29) is 12.5 Å². The van der Waals surface area contributed by atoms with Gasteiger partial charge in [0.05, 0.1) is 6.61 Å². The van der Waals surface area contributed by atoms with Crippen LogP contribution in [-0.4, -0.2) is 30.3 Å². The van der Waals surface area contributed by atoms with Crippen molar-refractivity contribution in [1.82, 2.24) is 0 Å². The standard InChI is InChI=1S/C22H21NO4/c1-14-10-16(5-4-15-2-3-15)6-8-19(14)22(25)23-17-7-9-20-21(11-17)27-18(12-24)13-26-20/h6-11,15,18,24H,2-3,12-13H2,1H3,(H,23,25). The molecule has 1 amide bonds. The first-order chi connectivity index (χ1) is 13.1. The van der Waals surface area contributed by atoms with E-state index < -0.39 is 6.10 Å². The smallest absolute Gasteiger partial charge is 0.255 e. The van der Waals surface area contributed by atoms with Gasteiger partial charge in [0, 0.05) is 28.8 Å². The second kappa shape index (κ2) is 7.34. The highest BCUT2D eigenvalue weighted by Crippen LogP contribution is 2.34. The van der Waals surface area contributed by atoms with Crippen molar-refractivity contribution < 1.29 is 19.4 Å². The zero-order chi connectivity index (χ0) is 18.8. The molecule has 5 nitrogen and oxygen atoms in total. The molecule has 2 N–H and O–H groups in total. The second-order valence-corrected chi connectivity index (χ2v) is 6.92. The van der Waals surface area contributed by atoms with Crippen molar-refractivity contribution in [3.05, 3.63) is 53.1 Å². The Morgan fingerprint density at radius 3 is 2.81 bits per heavy atom. The maximum atomic E-state index is 12.7. The van der Waals surface area contributed by atoms with E-state index in [1.54, 1.807) is 24.3 Å². The van der Waals surface area contributed by atoms with Crippen molar-refractivity contribution in [2.45, 2.75) is 25.9 Å². The van der Waals surface area contributed by atoms with Crippen molar-refractivity contribution in [2.24, 2.45) is 5.92 Å². The van der Waals surface area contributed by atoms with E-state index in [1.165, 1.54) is 12.8 Å². The zero-order valence-corrected chi connectivity index (χ0v) is 15.1. The number of aryl methyl sites for hydroxylation is 1. The van der Waals surface area contributed by atoms with Gasteiger partial charge in [-0.2, -0.15) is 0 Å². The first-order valence-electron chi connectivity index (χ1n) is 9.10. The highest BCUT2D eigenvalue weighted by molar-refractivity contribution is 6.05. The number of ether oxygens (including phenoxy) is 2. The number of aliphatic hydroxyl groups excluding tert-OH is 1. The first-order valence-corrected chi connectivity index (χ1v) is 9.10. The third-order valence-electron chi connectivity index (χ3n) is 4.59. The number of rotatable bonds is 3. The van der Waals surface area contributed by atoms with E-state index in [2.05, 4.69) is 17.2 Å². The van der Waals surface area contributed by atoms with Crippen LogP contribution in [0.4, 0.5) is 5.69 Å². The lowest BCUT2D eigenvalue weighted by atomic mass is 10.0. The van der Waals surface area contributed by atoms with Crippen LogP contribution in [0.2, 0.25) is 0 Å². The van der Waals surface area contributed by atoms with Gasteiger partial charge in [-0.05, 0) is 55.7 Å². The third kappa shape index (κ3) is 4.07. The minimum Gasteiger partial charge on any atom is -0.486 e. The number of amides is 1. The van der Waals surface area contributed by atoms with Crippen molar-refractivity contribution >= 4 is 11.6 Å². The molecule has 1 atom stereocenters. The number of carbonyl (C=O) groups excluding carboxylic acids is 1. The molecule has 1 aliphatic heterocycles. The molecule has 138 valence electrons. The van der Waals surface area contributed by atoms with Gasteiger partial charge in [0.25, 0.3) is 5.91 Å². The Hall–Kier alpha value is -2.97. The molecule has 1 unspecified atom stereocenters. The third-order valence-corrected chi connectivity index (χ3v) is 4.59. The molecule has 27 heavy (non-hydrogen) atoms. The SMILES string of the molecule is Cc1cc(C#CC2CC2)ccc1C(=O)Nc1ccc2c(c1)OC(CO)CO2. The molecule has 1 saturated carbocycles. The van der Waals surface area contributed by atoms with Crippen LogP contribution in [0.3, 0.4) is 0 Å². The lowest BCUT2D eigenvalue weighted by molar-refractivity contribution is 0.0457. The lowest BCUT2D eigenvalue weighted by Crippen LogP contribution is -2.32. The molecule has 1 fully saturated rings. The minimum absolute atomic E-state index is 0.120. The van der Waals surface area contributed by atoms with Gasteiger partial charge in [-0.1, -0.05) is 11.8 Å². The van der Waals surface area contributed by atoms with Crippen LogP contribution in [0.15, 0.2) is 36.4 Å². The molecule has 2 aliphatic rings. The summed E-state index contributed by atoms with van der Waals surface area (Å²) in [5.41, 5.74) is 3.03. The number of aliphatic hydroxyl groups is 1. The number of nitrogens with one attached hydrogen (secondary N) is 1. The molecule has 0 bridgehead atoms. The largest absolute Gasteiger partial charge is 0.486 e. The van der Waals surface area contributed by atoms with E-state index in [0.29, 0.717) is 35.3 Å². The van der Waals surface area contributed by atoms with Gasteiger partial charge < -0.3 is 19.9 Å².